The average Bonchev–Trinajstić information content (AvgIpc) is 3.75. The molecule has 1 fully saturated rings. The van der Waals surface area contributed by atoms with Crippen molar-refractivity contribution in [2.24, 2.45) is 17.8 Å². The molecule has 0 N–H and O–H groups in total. The molecule has 0 aromatic rings. The van der Waals surface area contributed by atoms with Crippen molar-refractivity contribution in [3.63, 3.8) is 0 Å². The van der Waals surface area contributed by atoms with Crippen LogP contribution in [0.2, 0.25) is 0 Å². The van der Waals surface area contributed by atoms with Gasteiger partial charge in [0.1, 0.15) is 0 Å². The van der Waals surface area contributed by atoms with E-state index < -0.39 is 0 Å². The van der Waals surface area contributed by atoms with Crippen molar-refractivity contribution in [1.29, 1.82) is 0 Å². The Morgan fingerprint density at radius 1 is 0.373 bits per heavy atom. The molecule has 1 aliphatic heterocycles. The van der Waals surface area contributed by atoms with Gasteiger partial charge in [0.15, 0.2) is 0 Å². The van der Waals surface area contributed by atoms with Crippen LogP contribution in [0.1, 0.15) is 285 Å². The molecule has 350 valence electrons. The SMILES string of the molecule is CCCCCC(CCCCC)CC(=O)OCCCCCCCCCCC(CCCCCCCCCCOC(=O)CC(CCCCC)CCCCC)CCCN1CCCC1. The third-order valence-corrected chi connectivity index (χ3v) is 13.6. The Morgan fingerprint density at radius 2 is 0.661 bits per heavy atom. The Morgan fingerprint density at radius 3 is 1.02 bits per heavy atom. The van der Waals surface area contributed by atoms with Crippen molar-refractivity contribution >= 4 is 11.9 Å². The third-order valence-electron chi connectivity index (χ3n) is 13.6. The molecule has 0 aliphatic carbocycles. The van der Waals surface area contributed by atoms with E-state index in [0.29, 0.717) is 37.9 Å². The molecule has 0 saturated carbocycles. The lowest BCUT2D eigenvalue weighted by Crippen LogP contribution is -2.21. The predicted molar refractivity (Wildman–Crippen MR) is 256 cm³/mol. The normalized spacial score (nSPS) is 13.4. The molecule has 0 spiro atoms. The Balaban J connectivity index is 2.13. The van der Waals surface area contributed by atoms with Gasteiger partial charge in [-0.05, 0) is 102 Å². The maximum Gasteiger partial charge on any atom is 0.306 e. The fourth-order valence-corrected chi connectivity index (χ4v) is 9.62. The van der Waals surface area contributed by atoms with Crippen LogP contribution in [0.25, 0.3) is 0 Å². The number of nitrogens with zero attached hydrogens (tertiary/aromatic N) is 1. The molecule has 0 aromatic heterocycles. The summed E-state index contributed by atoms with van der Waals surface area (Å²) in [5, 5.41) is 0. The van der Waals surface area contributed by atoms with Gasteiger partial charge in [-0.1, -0.05) is 207 Å². The number of rotatable bonds is 46. The number of hydrogen-bond acceptors (Lipinski definition) is 5. The highest BCUT2D eigenvalue weighted by molar-refractivity contribution is 5.70. The van der Waals surface area contributed by atoms with Gasteiger partial charge < -0.3 is 14.4 Å². The molecule has 1 rings (SSSR count). The second kappa shape index (κ2) is 43.5. The molecule has 1 aliphatic rings. The Bertz CT molecular complexity index is 808. The van der Waals surface area contributed by atoms with Crippen LogP contribution in [0, 0.1) is 17.8 Å². The van der Waals surface area contributed by atoms with Crippen LogP contribution >= 0.6 is 0 Å². The smallest absolute Gasteiger partial charge is 0.306 e. The summed E-state index contributed by atoms with van der Waals surface area (Å²) in [7, 11) is 0. The monoisotopic (exact) mass is 832 g/mol. The Hall–Kier alpha value is -1.10. The first-order chi connectivity index (χ1) is 29.0. The van der Waals surface area contributed by atoms with Gasteiger partial charge in [0, 0.05) is 12.8 Å². The minimum Gasteiger partial charge on any atom is -0.466 e. The van der Waals surface area contributed by atoms with Crippen molar-refractivity contribution in [2.75, 3.05) is 32.8 Å². The average molecular weight is 832 g/mol. The predicted octanol–water partition coefficient (Wildman–Crippen LogP) is 16.9. The zero-order valence-electron chi connectivity index (χ0n) is 40.6. The standard InChI is InChI=1S/C54H105NO4/c1-5-9-25-38-51(39-26-10-6-2)48-53(56)58-46-33-23-19-15-13-17-21-29-36-50(42-35-45-55-43-31-32-44-55)37-30-22-18-14-16-20-24-34-47-59-54(57)49-52(40-27-11-7-3)41-28-12-8-4/h50-52H,5-49H2,1-4H3. The quantitative estimate of drug-likeness (QED) is 0.0452. The zero-order valence-corrected chi connectivity index (χ0v) is 40.6. The first-order valence-corrected chi connectivity index (χ1v) is 27.1. The Labute approximate surface area is 369 Å². The third kappa shape index (κ3) is 37.2. The first kappa shape index (κ1) is 55.9. The first-order valence-electron chi connectivity index (χ1n) is 27.1. The molecule has 59 heavy (non-hydrogen) atoms. The number of carbonyl (C=O) groups is 2. The summed E-state index contributed by atoms with van der Waals surface area (Å²) in [5.74, 6) is 2.07. The molecule has 0 radical (unpaired) electrons. The number of likely N-dealkylation sites (tertiary alicyclic amines) is 1. The van der Waals surface area contributed by atoms with Crippen molar-refractivity contribution in [3.8, 4) is 0 Å². The van der Waals surface area contributed by atoms with E-state index in [4.69, 9.17) is 9.47 Å². The highest BCUT2D eigenvalue weighted by atomic mass is 16.5. The zero-order chi connectivity index (χ0) is 42.7. The summed E-state index contributed by atoms with van der Waals surface area (Å²) in [5.41, 5.74) is 0. The highest BCUT2D eigenvalue weighted by Crippen LogP contribution is 2.26. The molecule has 0 atom stereocenters. The van der Waals surface area contributed by atoms with E-state index in [1.807, 2.05) is 0 Å². The summed E-state index contributed by atoms with van der Waals surface area (Å²) in [6.45, 7) is 14.2. The van der Waals surface area contributed by atoms with Gasteiger partial charge in [-0.15, -0.1) is 0 Å². The molecular formula is C54H105NO4. The van der Waals surface area contributed by atoms with E-state index in [1.54, 1.807) is 0 Å². The molecule has 1 saturated heterocycles. The van der Waals surface area contributed by atoms with E-state index in [0.717, 1.165) is 18.8 Å². The molecule has 1 heterocycles. The maximum absolute atomic E-state index is 12.5. The van der Waals surface area contributed by atoms with Crippen molar-refractivity contribution in [2.45, 2.75) is 285 Å². The van der Waals surface area contributed by atoms with Crippen LogP contribution in [-0.2, 0) is 19.1 Å². The second-order valence-corrected chi connectivity index (χ2v) is 19.4. The molecule has 0 bridgehead atoms. The van der Waals surface area contributed by atoms with Crippen molar-refractivity contribution < 1.29 is 19.1 Å². The minimum atomic E-state index is 0.0468. The van der Waals surface area contributed by atoms with E-state index >= 15 is 0 Å². The molecule has 5 heteroatoms. The topological polar surface area (TPSA) is 55.8 Å². The van der Waals surface area contributed by atoms with E-state index in [9.17, 15) is 9.59 Å². The largest absolute Gasteiger partial charge is 0.466 e. The van der Waals surface area contributed by atoms with Crippen molar-refractivity contribution in [3.05, 3.63) is 0 Å². The lowest BCUT2D eigenvalue weighted by Gasteiger charge is -2.20. The lowest BCUT2D eigenvalue weighted by atomic mass is 9.90. The van der Waals surface area contributed by atoms with E-state index in [2.05, 4.69) is 32.6 Å². The van der Waals surface area contributed by atoms with Gasteiger partial charge in [0.25, 0.3) is 0 Å². The minimum absolute atomic E-state index is 0.0468. The summed E-state index contributed by atoms with van der Waals surface area (Å²) in [6.07, 6.45) is 50.4. The maximum atomic E-state index is 12.5. The summed E-state index contributed by atoms with van der Waals surface area (Å²) >= 11 is 0. The van der Waals surface area contributed by atoms with Gasteiger partial charge in [0.2, 0.25) is 0 Å². The van der Waals surface area contributed by atoms with E-state index in [-0.39, 0.29) is 11.9 Å². The van der Waals surface area contributed by atoms with Crippen LogP contribution in [0.4, 0.5) is 0 Å². The number of esters is 2. The Kier molecular flexibility index (Phi) is 41.3. The number of ether oxygens (including phenoxy) is 2. The molecule has 0 aromatic carbocycles. The number of carbonyl (C=O) groups excluding carboxylic acids is 2. The number of unbranched alkanes of at least 4 members (excludes halogenated alkanes) is 22. The molecule has 5 nitrogen and oxygen atoms in total. The van der Waals surface area contributed by atoms with Crippen molar-refractivity contribution in [1.82, 2.24) is 4.90 Å². The molecule has 0 amide bonds. The van der Waals surface area contributed by atoms with Crippen LogP contribution < -0.4 is 0 Å². The number of hydrogen-bond donors (Lipinski definition) is 0. The van der Waals surface area contributed by atoms with Gasteiger partial charge in [-0.3, -0.25) is 9.59 Å². The molecular weight excluding hydrogens is 727 g/mol. The summed E-state index contributed by atoms with van der Waals surface area (Å²) < 4.78 is 11.3. The summed E-state index contributed by atoms with van der Waals surface area (Å²) in [4.78, 5) is 27.7. The van der Waals surface area contributed by atoms with Crippen LogP contribution in [0.5, 0.6) is 0 Å². The fraction of sp³-hybridized carbons (Fsp3) is 0.963. The van der Waals surface area contributed by atoms with Gasteiger partial charge >= 0.3 is 11.9 Å². The fourth-order valence-electron chi connectivity index (χ4n) is 9.62. The van der Waals surface area contributed by atoms with Gasteiger partial charge in [-0.25, -0.2) is 0 Å². The van der Waals surface area contributed by atoms with Gasteiger partial charge in [-0.2, -0.15) is 0 Å². The highest BCUT2D eigenvalue weighted by Gasteiger charge is 2.17. The molecule has 0 unspecified atom stereocenters. The van der Waals surface area contributed by atoms with Crippen LogP contribution in [0.3, 0.4) is 0 Å². The second-order valence-electron chi connectivity index (χ2n) is 19.4. The van der Waals surface area contributed by atoms with E-state index in [1.165, 1.54) is 251 Å². The summed E-state index contributed by atoms with van der Waals surface area (Å²) in [6, 6.07) is 0. The lowest BCUT2D eigenvalue weighted by molar-refractivity contribution is -0.146. The van der Waals surface area contributed by atoms with Crippen LogP contribution in [0.15, 0.2) is 0 Å². The van der Waals surface area contributed by atoms with Crippen LogP contribution in [-0.4, -0.2) is 49.7 Å². The van der Waals surface area contributed by atoms with Gasteiger partial charge in [0.05, 0.1) is 13.2 Å².